The molecule has 0 saturated carbocycles. The summed E-state index contributed by atoms with van der Waals surface area (Å²) in [5.41, 5.74) is 2.06. The summed E-state index contributed by atoms with van der Waals surface area (Å²) in [5, 5.41) is 2.56. The average Bonchev–Trinajstić information content (AvgIpc) is 3.63. The number of fused-ring (bicyclic) bond motifs is 1. The summed E-state index contributed by atoms with van der Waals surface area (Å²) in [7, 11) is -10.8. The highest BCUT2D eigenvalue weighted by atomic mass is 32.2. The normalized spacial score (nSPS) is 13.1. The molecule has 5 aromatic carbocycles. The molecule has 314 valence electrons. The van der Waals surface area contributed by atoms with Crippen LogP contribution in [-0.4, -0.2) is 70.3 Å². The molecule has 0 radical (unpaired) electrons. The van der Waals surface area contributed by atoms with Gasteiger partial charge in [-0.05, 0) is 97.3 Å². The molecule has 0 saturated heterocycles. The van der Waals surface area contributed by atoms with E-state index < -0.39 is 54.5 Å². The van der Waals surface area contributed by atoms with E-state index in [1.54, 1.807) is 54.3 Å². The second-order valence-corrected chi connectivity index (χ2v) is 18.8. The molecule has 16 nitrogen and oxygen atoms in total. The van der Waals surface area contributed by atoms with Crippen LogP contribution in [0.2, 0.25) is 0 Å². The second-order valence-electron chi connectivity index (χ2n) is 13.6. The maximum atomic E-state index is 14.6. The first-order valence-corrected chi connectivity index (χ1v) is 22.6. The number of sulfonamides is 3. The smallest absolute Gasteiger partial charge is 0.267 e. The van der Waals surface area contributed by atoms with E-state index in [1.165, 1.54) is 93.9 Å². The van der Waals surface area contributed by atoms with Crippen LogP contribution in [0.15, 0.2) is 130 Å². The zero-order valence-electron chi connectivity index (χ0n) is 32.8. The van der Waals surface area contributed by atoms with E-state index >= 15 is 0 Å². The number of carbonyl (C=O) groups excluding carboxylic acids is 3. The molecule has 19 heteroatoms. The Morgan fingerprint density at radius 2 is 1.45 bits per heavy atom. The fourth-order valence-corrected chi connectivity index (χ4v) is 10.4. The zero-order valence-corrected chi connectivity index (χ0v) is 35.2. The Kier molecular flexibility index (Phi) is 12.5. The van der Waals surface area contributed by atoms with Crippen LogP contribution in [0.1, 0.15) is 29.7 Å². The quantitative estimate of drug-likeness (QED) is 0.135. The number of ether oxygens (including phenoxy) is 2. The van der Waals surface area contributed by atoms with Crippen LogP contribution >= 0.6 is 0 Å². The van der Waals surface area contributed by atoms with Gasteiger partial charge in [0.25, 0.3) is 41.9 Å². The topological polar surface area (TPSA) is 215 Å². The van der Waals surface area contributed by atoms with Crippen LogP contribution in [0, 0.1) is 6.92 Å². The van der Waals surface area contributed by atoms with Crippen molar-refractivity contribution in [2.45, 2.75) is 41.0 Å². The monoisotopic (exact) mass is 875 g/mol. The third kappa shape index (κ3) is 9.22. The summed E-state index contributed by atoms with van der Waals surface area (Å²) in [6.45, 7) is 2.12. The van der Waals surface area contributed by atoms with Crippen LogP contribution in [0.5, 0.6) is 11.5 Å². The van der Waals surface area contributed by atoms with E-state index in [4.69, 9.17) is 9.47 Å². The van der Waals surface area contributed by atoms with Crippen molar-refractivity contribution in [2.75, 3.05) is 41.8 Å². The van der Waals surface area contributed by atoms with Gasteiger partial charge in [-0.1, -0.05) is 42.5 Å². The molecule has 3 amide bonds. The molecule has 1 aliphatic heterocycles. The van der Waals surface area contributed by atoms with Crippen molar-refractivity contribution < 1.29 is 49.1 Å². The minimum absolute atomic E-state index is 0.00462. The molecule has 0 fully saturated rings. The van der Waals surface area contributed by atoms with Crippen LogP contribution in [0.25, 0.3) is 0 Å². The summed E-state index contributed by atoms with van der Waals surface area (Å²) < 4.78 is 98.7. The lowest BCUT2D eigenvalue weighted by atomic mass is 10.0. The second kappa shape index (κ2) is 17.4. The lowest BCUT2D eigenvalue weighted by Gasteiger charge is -2.31. The Balaban J connectivity index is 1.43. The first-order chi connectivity index (χ1) is 28.4. The zero-order chi connectivity index (χ0) is 43.4. The molecule has 0 bridgehead atoms. The molecular weight excluding hydrogens is 835 g/mol. The van der Waals surface area contributed by atoms with E-state index in [0.717, 1.165) is 9.87 Å². The van der Waals surface area contributed by atoms with Gasteiger partial charge >= 0.3 is 0 Å². The maximum Gasteiger partial charge on any atom is 0.267 e. The van der Waals surface area contributed by atoms with Gasteiger partial charge in [0.1, 0.15) is 29.0 Å². The summed E-state index contributed by atoms with van der Waals surface area (Å²) in [6, 6.07) is 26.4. The van der Waals surface area contributed by atoms with Crippen LogP contribution in [-0.2, 0) is 50.9 Å². The number of hydrogen-bond acceptors (Lipinski definition) is 12. The number of benzene rings is 5. The molecule has 0 aromatic heterocycles. The van der Waals surface area contributed by atoms with Gasteiger partial charge in [0.05, 0.1) is 29.7 Å². The largest absolute Gasteiger partial charge is 0.497 e. The SMILES string of the molecule is COc1cccc(C(C(=O)NS(=O)(=O)c2ccc(C)cc2OC)N2CCc3c2cccc3N(CC(=O)NS(=O)(=O)c2ccccc2)S(=O)(=O)c2ccc(NC(C)=O)cc2)c1. The van der Waals surface area contributed by atoms with Crippen molar-refractivity contribution >= 4 is 64.9 Å². The number of methoxy groups -OCH3 is 2. The first-order valence-electron chi connectivity index (χ1n) is 18.2. The molecule has 0 aliphatic carbocycles. The Morgan fingerprint density at radius 1 is 0.750 bits per heavy atom. The third-order valence-electron chi connectivity index (χ3n) is 9.47. The van der Waals surface area contributed by atoms with E-state index in [2.05, 4.69) is 10.0 Å². The Morgan fingerprint density at radius 3 is 2.12 bits per heavy atom. The number of amides is 3. The van der Waals surface area contributed by atoms with E-state index in [1.807, 2.05) is 4.72 Å². The van der Waals surface area contributed by atoms with E-state index in [-0.39, 0.29) is 45.0 Å². The fraction of sp³-hybridized carbons (Fsp3) is 0.195. The van der Waals surface area contributed by atoms with Gasteiger partial charge in [0.2, 0.25) is 5.91 Å². The van der Waals surface area contributed by atoms with Crippen molar-refractivity contribution in [3.8, 4) is 11.5 Å². The molecule has 0 spiro atoms. The maximum absolute atomic E-state index is 14.6. The van der Waals surface area contributed by atoms with Gasteiger partial charge in [0.15, 0.2) is 0 Å². The van der Waals surface area contributed by atoms with Gasteiger partial charge in [-0.2, -0.15) is 0 Å². The number of anilines is 3. The lowest BCUT2D eigenvalue weighted by Crippen LogP contribution is -2.43. The Hall–Kier alpha value is -6.44. The molecule has 1 heterocycles. The molecular formula is C41H41N5O11S3. The van der Waals surface area contributed by atoms with Crippen molar-refractivity contribution in [1.82, 2.24) is 9.44 Å². The molecule has 3 N–H and O–H groups in total. The van der Waals surface area contributed by atoms with Crippen molar-refractivity contribution in [1.29, 1.82) is 0 Å². The first kappa shape index (κ1) is 43.1. The number of nitrogens with one attached hydrogen (secondary N) is 3. The average molecular weight is 876 g/mol. The highest BCUT2D eigenvalue weighted by molar-refractivity contribution is 7.93. The summed E-state index contributed by atoms with van der Waals surface area (Å²) >= 11 is 0. The Bertz CT molecular complexity index is 2780. The summed E-state index contributed by atoms with van der Waals surface area (Å²) in [6.07, 6.45) is 0.106. The molecule has 1 aliphatic rings. The van der Waals surface area contributed by atoms with Gasteiger partial charge in [-0.3, -0.25) is 18.7 Å². The van der Waals surface area contributed by atoms with Gasteiger partial charge in [0, 0.05) is 30.4 Å². The number of rotatable bonds is 15. The van der Waals surface area contributed by atoms with Crippen LogP contribution < -0.4 is 33.4 Å². The van der Waals surface area contributed by atoms with Gasteiger partial charge < -0.3 is 19.7 Å². The molecule has 6 rings (SSSR count). The van der Waals surface area contributed by atoms with Crippen LogP contribution in [0.4, 0.5) is 17.1 Å². The summed E-state index contributed by atoms with van der Waals surface area (Å²) in [4.78, 5) is 40.5. The van der Waals surface area contributed by atoms with Crippen molar-refractivity contribution in [3.63, 3.8) is 0 Å². The van der Waals surface area contributed by atoms with Gasteiger partial charge in [-0.15, -0.1) is 0 Å². The number of carbonyl (C=O) groups is 3. The highest BCUT2D eigenvalue weighted by Crippen LogP contribution is 2.42. The molecule has 1 unspecified atom stereocenters. The molecule has 1 atom stereocenters. The predicted octanol–water partition coefficient (Wildman–Crippen LogP) is 4.28. The number of nitrogens with zero attached hydrogens (tertiary/aromatic N) is 2. The standard InChI is InChI=1S/C41H41N5O11S3/c1-27-16-21-38(37(24-27)57-4)59(52,53)44-41(49)40(29-10-8-11-31(25-29)56-3)45-23-22-34-35(45)14-9-15-36(34)46(26-39(48)43-58(50,51)32-12-6-5-7-13-32)60(54,55)33-19-17-30(18-20-33)42-28(2)47/h5-21,24-25,40H,22-23,26H2,1-4H3,(H,42,47)(H,43,48)(H,44,49). The predicted molar refractivity (Wildman–Crippen MR) is 223 cm³/mol. The van der Waals surface area contributed by atoms with Crippen molar-refractivity contribution in [3.05, 3.63) is 132 Å². The minimum atomic E-state index is -4.66. The van der Waals surface area contributed by atoms with Crippen LogP contribution in [0.3, 0.4) is 0 Å². The number of hydrogen-bond donors (Lipinski definition) is 3. The lowest BCUT2D eigenvalue weighted by molar-refractivity contribution is -0.121. The van der Waals surface area contributed by atoms with E-state index in [9.17, 15) is 39.6 Å². The molecule has 60 heavy (non-hydrogen) atoms. The Labute approximate surface area is 348 Å². The minimum Gasteiger partial charge on any atom is -0.497 e. The number of aryl methyl sites for hydroxylation is 1. The van der Waals surface area contributed by atoms with E-state index in [0.29, 0.717) is 28.3 Å². The van der Waals surface area contributed by atoms with Gasteiger partial charge in [-0.25, -0.2) is 34.7 Å². The fourth-order valence-electron chi connectivity index (χ4n) is 6.78. The molecule has 5 aromatic rings. The highest BCUT2D eigenvalue weighted by Gasteiger charge is 2.39. The third-order valence-corrected chi connectivity index (χ3v) is 14.0. The van der Waals surface area contributed by atoms with Crippen molar-refractivity contribution in [2.24, 2.45) is 0 Å². The summed E-state index contributed by atoms with van der Waals surface area (Å²) in [5.74, 6) is -2.11.